The van der Waals surface area contributed by atoms with Crippen molar-refractivity contribution >= 4 is 35.1 Å². The van der Waals surface area contributed by atoms with Crippen molar-refractivity contribution in [3.63, 3.8) is 0 Å². The fraction of sp³-hybridized carbons (Fsp3) is 0.0500. The summed E-state index contributed by atoms with van der Waals surface area (Å²) in [4.78, 5) is 12.1. The molecule has 2 N–H and O–H groups in total. The van der Waals surface area contributed by atoms with Crippen LogP contribution >= 0.6 is 23.2 Å². The number of furan rings is 1. The number of ether oxygens (including phenoxy) is 1. The number of ketones is 1. The molecule has 0 aliphatic carbocycles. The number of rotatable bonds is 6. The van der Waals surface area contributed by atoms with Crippen molar-refractivity contribution in [2.45, 2.75) is 6.61 Å². The monoisotopic (exact) mass is 404 g/mol. The first-order valence-electron chi connectivity index (χ1n) is 7.83. The first kappa shape index (κ1) is 18.9. The summed E-state index contributed by atoms with van der Waals surface area (Å²) in [6.45, 7) is 0.139. The number of phenolic OH excluding ortho intramolecular Hbond substituents is 2. The topological polar surface area (TPSA) is 79.9 Å². The van der Waals surface area contributed by atoms with Gasteiger partial charge < -0.3 is 19.4 Å². The van der Waals surface area contributed by atoms with Crippen LogP contribution in [0.2, 0.25) is 10.0 Å². The highest BCUT2D eigenvalue weighted by Gasteiger charge is 2.10. The molecule has 7 heteroatoms. The average Bonchev–Trinajstić information content (AvgIpc) is 3.08. The summed E-state index contributed by atoms with van der Waals surface area (Å²) in [7, 11) is 0. The first-order chi connectivity index (χ1) is 12.9. The summed E-state index contributed by atoms with van der Waals surface area (Å²) < 4.78 is 11.1. The third-order valence-electron chi connectivity index (χ3n) is 3.59. The summed E-state index contributed by atoms with van der Waals surface area (Å²) in [5, 5.41) is 19.9. The highest BCUT2D eigenvalue weighted by atomic mass is 35.5. The lowest BCUT2D eigenvalue weighted by Crippen LogP contribution is -1.94. The second kappa shape index (κ2) is 8.20. The summed E-state index contributed by atoms with van der Waals surface area (Å²) in [5.74, 6) is 0.575. The maximum Gasteiger partial charge on any atom is 0.189 e. The van der Waals surface area contributed by atoms with Gasteiger partial charge in [-0.25, -0.2) is 0 Å². The van der Waals surface area contributed by atoms with Crippen LogP contribution in [0, 0.1) is 0 Å². The Kier molecular flexibility index (Phi) is 5.74. The second-order valence-corrected chi connectivity index (χ2v) is 6.41. The fourth-order valence-electron chi connectivity index (χ4n) is 2.27. The van der Waals surface area contributed by atoms with Crippen molar-refractivity contribution in [1.29, 1.82) is 0 Å². The third kappa shape index (κ3) is 4.84. The molecule has 0 saturated carbocycles. The number of benzene rings is 2. The molecule has 0 radical (unpaired) electrons. The number of carbonyl (C=O) groups is 1. The number of halogens is 2. The molecule has 0 aliphatic rings. The van der Waals surface area contributed by atoms with Crippen LogP contribution in [0.5, 0.6) is 17.2 Å². The van der Waals surface area contributed by atoms with Crippen molar-refractivity contribution in [2.24, 2.45) is 0 Å². The molecule has 138 valence electrons. The molecule has 0 saturated heterocycles. The SMILES string of the molecule is O=C(/C=C/c1ccc(COc2cc(Cl)ccc2Cl)o1)c1ccc(O)cc1O. The molecule has 0 aliphatic heterocycles. The molecule has 3 aromatic rings. The molecule has 1 aromatic heterocycles. The zero-order chi connectivity index (χ0) is 19.4. The molecular formula is C20H14Cl2O5. The second-order valence-electron chi connectivity index (χ2n) is 5.57. The minimum atomic E-state index is -0.424. The van der Waals surface area contributed by atoms with E-state index in [2.05, 4.69) is 0 Å². The van der Waals surface area contributed by atoms with Crippen molar-refractivity contribution in [2.75, 3.05) is 0 Å². The molecule has 0 atom stereocenters. The van der Waals surface area contributed by atoms with Gasteiger partial charge in [-0.3, -0.25) is 4.79 Å². The zero-order valence-corrected chi connectivity index (χ0v) is 15.4. The van der Waals surface area contributed by atoms with Crippen LogP contribution < -0.4 is 4.74 Å². The molecule has 27 heavy (non-hydrogen) atoms. The van der Waals surface area contributed by atoms with Crippen LogP contribution in [-0.4, -0.2) is 16.0 Å². The Morgan fingerprint density at radius 3 is 2.67 bits per heavy atom. The largest absolute Gasteiger partial charge is 0.508 e. The van der Waals surface area contributed by atoms with Gasteiger partial charge in [0.05, 0.1) is 10.6 Å². The number of hydrogen-bond donors (Lipinski definition) is 2. The fourth-order valence-corrected chi connectivity index (χ4v) is 2.61. The number of phenols is 2. The van der Waals surface area contributed by atoms with E-state index in [0.29, 0.717) is 27.3 Å². The molecule has 2 aromatic carbocycles. The molecule has 0 unspecified atom stereocenters. The molecule has 0 fully saturated rings. The van der Waals surface area contributed by atoms with Crippen molar-refractivity contribution in [3.05, 3.63) is 81.7 Å². The van der Waals surface area contributed by atoms with Crippen LogP contribution in [0.4, 0.5) is 0 Å². The van der Waals surface area contributed by atoms with E-state index in [0.717, 1.165) is 6.07 Å². The van der Waals surface area contributed by atoms with Gasteiger partial charge in [-0.2, -0.15) is 0 Å². The average molecular weight is 405 g/mol. The number of allylic oxidation sites excluding steroid dienone is 1. The van der Waals surface area contributed by atoms with Crippen molar-refractivity contribution in [3.8, 4) is 17.2 Å². The van der Waals surface area contributed by atoms with Crippen molar-refractivity contribution in [1.82, 2.24) is 0 Å². The van der Waals surface area contributed by atoms with E-state index < -0.39 is 5.78 Å². The smallest absolute Gasteiger partial charge is 0.189 e. The maximum atomic E-state index is 12.1. The summed E-state index contributed by atoms with van der Waals surface area (Å²) in [5.41, 5.74) is 0.0785. The Balaban J connectivity index is 1.64. The Morgan fingerprint density at radius 2 is 1.89 bits per heavy atom. The highest BCUT2D eigenvalue weighted by molar-refractivity contribution is 6.34. The molecule has 0 amide bonds. The van der Waals surface area contributed by atoms with Crippen LogP contribution in [0.15, 0.2) is 59.0 Å². The Labute approximate surface area is 165 Å². The number of aromatic hydroxyl groups is 2. The van der Waals surface area contributed by atoms with E-state index in [1.54, 1.807) is 30.3 Å². The first-order valence-corrected chi connectivity index (χ1v) is 8.59. The third-order valence-corrected chi connectivity index (χ3v) is 4.14. The quantitative estimate of drug-likeness (QED) is 0.420. The lowest BCUT2D eigenvalue weighted by atomic mass is 10.1. The van der Waals surface area contributed by atoms with Gasteiger partial charge in [0, 0.05) is 17.2 Å². The van der Waals surface area contributed by atoms with E-state index in [1.807, 2.05) is 0 Å². The Bertz CT molecular complexity index is 1010. The van der Waals surface area contributed by atoms with Crippen molar-refractivity contribution < 1.29 is 24.2 Å². The highest BCUT2D eigenvalue weighted by Crippen LogP contribution is 2.28. The van der Waals surface area contributed by atoms with Crippen LogP contribution in [-0.2, 0) is 6.61 Å². The Morgan fingerprint density at radius 1 is 1.07 bits per heavy atom. The molecule has 0 bridgehead atoms. The molecule has 0 spiro atoms. The minimum absolute atomic E-state index is 0.0785. The van der Waals surface area contributed by atoms with Gasteiger partial charge in [0.1, 0.15) is 35.4 Å². The molecular weight excluding hydrogens is 391 g/mol. The van der Waals surface area contributed by atoms with Crippen LogP contribution in [0.3, 0.4) is 0 Å². The van der Waals surface area contributed by atoms with Gasteiger partial charge in [-0.15, -0.1) is 0 Å². The van der Waals surface area contributed by atoms with Crippen LogP contribution in [0.25, 0.3) is 6.08 Å². The minimum Gasteiger partial charge on any atom is -0.508 e. The summed E-state index contributed by atoms with van der Waals surface area (Å²) in [6.07, 6.45) is 2.74. The van der Waals surface area contributed by atoms with Crippen LogP contribution in [0.1, 0.15) is 21.9 Å². The molecule has 3 rings (SSSR count). The predicted octanol–water partition coefficient (Wildman–Crippen LogP) is 5.47. The van der Waals surface area contributed by atoms with E-state index in [4.69, 9.17) is 32.4 Å². The van der Waals surface area contributed by atoms with Gasteiger partial charge in [0.15, 0.2) is 5.78 Å². The lowest BCUT2D eigenvalue weighted by molar-refractivity contribution is 0.104. The number of hydrogen-bond acceptors (Lipinski definition) is 5. The summed E-state index contributed by atoms with van der Waals surface area (Å²) >= 11 is 11.9. The Hall–Kier alpha value is -2.89. The van der Waals surface area contributed by atoms with E-state index in [1.165, 1.54) is 24.3 Å². The normalized spacial score (nSPS) is 11.0. The predicted molar refractivity (Wildman–Crippen MR) is 103 cm³/mol. The van der Waals surface area contributed by atoms with Gasteiger partial charge in [-0.05, 0) is 48.6 Å². The van der Waals surface area contributed by atoms with E-state index in [-0.39, 0.29) is 23.7 Å². The lowest BCUT2D eigenvalue weighted by Gasteiger charge is -2.06. The van der Waals surface area contributed by atoms with Gasteiger partial charge >= 0.3 is 0 Å². The van der Waals surface area contributed by atoms with Gasteiger partial charge in [0.2, 0.25) is 0 Å². The standard InChI is InChI=1S/C20H14Cl2O5/c21-12-1-7-17(22)20(9-12)26-11-15-4-3-14(27-15)5-8-18(24)16-6-2-13(23)10-19(16)25/h1-10,23,25H,11H2/b8-5+. The van der Waals surface area contributed by atoms with E-state index in [9.17, 15) is 15.0 Å². The zero-order valence-electron chi connectivity index (χ0n) is 13.9. The molecule has 1 heterocycles. The maximum absolute atomic E-state index is 12.1. The number of carbonyl (C=O) groups excluding carboxylic acids is 1. The van der Waals surface area contributed by atoms with E-state index >= 15 is 0 Å². The molecule has 5 nitrogen and oxygen atoms in total. The summed E-state index contributed by atoms with van der Waals surface area (Å²) in [6, 6.07) is 12.1. The van der Waals surface area contributed by atoms with Gasteiger partial charge in [0.25, 0.3) is 0 Å². The van der Waals surface area contributed by atoms with Gasteiger partial charge in [-0.1, -0.05) is 23.2 Å².